The Morgan fingerprint density at radius 1 is 1.29 bits per heavy atom. The van der Waals surface area contributed by atoms with Crippen LogP contribution in [0.4, 0.5) is 10.2 Å². The quantitative estimate of drug-likeness (QED) is 0.645. The Morgan fingerprint density at radius 3 is 2.54 bits per heavy atom. The minimum absolute atomic E-state index is 0.110. The summed E-state index contributed by atoms with van der Waals surface area (Å²) in [7, 11) is 0. The molecule has 1 saturated heterocycles. The highest BCUT2D eigenvalue weighted by atomic mass is 32.2. The zero-order chi connectivity index (χ0) is 17.5. The van der Waals surface area contributed by atoms with E-state index in [1.54, 1.807) is 10.6 Å². The molecule has 24 heavy (non-hydrogen) atoms. The van der Waals surface area contributed by atoms with Gasteiger partial charge in [-0.05, 0) is 37.4 Å². The van der Waals surface area contributed by atoms with Crippen molar-refractivity contribution in [1.29, 1.82) is 0 Å². The van der Waals surface area contributed by atoms with Crippen molar-refractivity contribution in [2.75, 3.05) is 18.0 Å². The van der Waals surface area contributed by atoms with Crippen molar-refractivity contribution in [2.24, 2.45) is 5.14 Å². The summed E-state index contributed by atoms with van der Waals surface area (Å²) < 4.78 is 14.3. The number of hydrogen-bond acceptors (Lipinski definition) is 5. The fourth-order valence-electron chi connectivity index (χ4n) is 2.92. The van der Waals surface area contributed by atoms with Crippen LogP contribution in [0.5, 0.6) is 0 Å². The van der Waals surface area contributed by atoms with Gasteiger partial charge in [0, 0.05) is 28.7 Å². The highest BCUT2D eigenvalue weighted by Gasteiger charge is 2.18. The Hall–Kier alpha value is -1.73. The lowest BCUT2D eigenvalue weighted by molar-refractivity contribution is -0.0426. The van der Waals surface area contributed by atoms with Gasteiger partial charge in [-0.25, -0.2) is 4.98 Å². The second-order valence-corrected chi connectivity index (χ2v) is 6.12. The van der Waals surface area contributed by atoms with Crippen molar-refractivity contribution >= 4 is 28.9 Å². The summed E-state index contributed by atoms with van der Waals surface area (Å²) in [6.07, 6.45) is 8.42. The lowest BCUT2D eigenvalue weighted by Crippen LogP contribution is -2.24. The Balaban J connectivity index is 0.00000100. The number of imidazole rings is 1. The van der Waals surface area contributed by atoms with Crippen molar-refractivity contribution < 1.29 is 9.47 Å². The monoisotopic (exact) mass is 352 g/mol. The van der Waals surface area contributed by atoms with Crippen LogP contribution in [0, 0.1) is 0 Å². The maximum atomic E-state index is 12.5. The molecule has 0 aromatic carbocycles. The van der Waals surface area contributed by atoms with Crippen LogP contribution in [0.15, 0.2) is 29.9 Å². The number of hydrogen-bond donors (Lipinski definition) is 1. The van der Waals surface area contributed by atoms with Crippen LogP contribution in [0.1, 0.15) is 45.4 Å². The molecule has 1 aliphatic heterocycles. The van der Waals surface area contributed by atoms with Crippen molar-refractivity contribution in [1.82, 2.24) is 9.38 Å². The topological polar surface area (TPSA) is 55.8 Å². The molecular weight excluding hydrogens is 327 g/mol. The zero-order valence-corrected chi connectivity index (χ0v) is 15.1. The molecule has 0 spiro atoms. The summed E-state index contributed by atoms with van der Waals surface area (Å²) in [5.74, 6) is 0.241. The summed E-state index contributed by atoms with van der Waals surface area (Å²) in [6.45, 7) is 9.56. The number of aromatic nitrogens is 2. The number of nitrogens with two attached hydrogens (primary N) is 1. The number of pyridine rings is 1. The lowest BCUT2D eigenvalue weighted by atomic mass is 10.2. The van der Waals surface area contributed by atoms with Gasteiger partial charge < -0.3 is 4.90 Å². The first-order valence-corrected chi connectivity index (χ1v) is 9.23. The molecule has 132 valence electrons. The van der Waals surface area contributed by atoms with E-state index in [0.717, 1.165) is 41.1 Å². The van der Waals surface area contributed by atoms with E-state index in [1.807, 2.05) is 20.0 Å². The van der Waals surface area contributed by atoms with E-state index in [0.29, 0.717) is 5.82 Å². The lowest BCUT2D eigenvalue weighted by Gasteiger charge is -2.24. The molecule has 1 aliphatic rings. The van der Waals surface area contributed by atoms with Crippen LogP contribution >= 0.6 is 11.9 Å². The Kier molecular flexibility index (Phi) is 6.93. The van der Waals surface area contributed by atoms with Gasteiger partial charge in [0.15, 0.2) is 5.82 Å². The Morgan fingerprint density at radius 2 is 1.96 bits per heavy atom. The number of nitrogens with zero attached hydrogens (tertiary/aromatic N) is 3. The minimum Gasteiger partial charge on any atom is -0.370 e. The van der Waals surface area contributed by atoms with E-state index in [1.165, 1.54) is 25.7 Å². The Labute approximate surface area is 146 Å². The largest absolute Gasteiger partial charge is 0.370 e. The number of anilines is 1. The third-order valence-electron chi connectivity index (χ3n) is 4.02. The standard InChI is InChI=1S/C15H19FN4OS.C2H6/c1-11(21-16)15-18-9-14-13(8-12(22-17)10-20(14)15)19-6-4-2-3-5-7-19;1-2/h8-10H,1-7,17H2;1-2H3. The van der Waals surface area contributed by atoms with E-state index in [4.69, 9.17) is 5.14 Å². The smallest absolute Gasteiger partial charge is 0.207 e. The van der Waals surface area contributed by atoms with Crippen LogP contribution in [-0.2, 0) is 4.94 Å². The van der Waals surface area contributed by atoms with Gasteiger partial charge >= 0.3 is 0 Å². The van der Waals surface area contributed by atoms with Gasteiger partial charge in [-0.3, -0.25) is 14.5 Å². The highest BCUT2D eigenvalue weighted by molar-refractivity contribution is 7.97. The molecule has 0 saturated carbocycles. The van der Waals surface area contributed by atoms with Crippen LogP contribution in [-0.4, -0.2) is 22.5 Å². The Bertz CT molecular complexity index is 681. The van der Waals surface area contributed by atoms with Crippen molar-refractivity contribution in [3.63, 3.8) is 0 Å². The van der Waals surface area contributed by atoms with Crippen LogP contribution in [0.2, 0.25) is 0 Å². The predicted octanol–water partition coefficient (Wildman–Crippen LogP) is 4.58. The van der Waals surface area contributed by atoms with E-state index in [9.17, 15) is 4.53 Å². The number of halogens is 1. The molecule has 0 aliphatic carbocycles. The first-order chi connectivity index (χ1) is 11.7. The molecule has 0 amide bonds. The van der Waals surface area contributed by atoms with Gasteiger partial charge in [0.05, 0.1) is 17.4 Å². The van der Waals surface area contributed by atoms with Crippen molar-refractivity contribution in [3.05, 3.63) is 30.9 Å². The summed E-state index contributed by atoms with van der Waals surface area (Å²) in [4.78, 5) is 11.2. The van der Waals surface area contributed by atoms with Gasteiger partial charge in [0.25, 0.3) is 0 Å². The van der Waals surface area contributed by atoms with E-state index in [2.05, 4.69) is 27.5 Å². The molecule has 0 radical (unpaired) electrons. The molecule has 3 heterocycles. The average Bonchev–Trinajstić information content (AvgIpc) is 2.88. The van der Waals surface area contributed by atoms with Crippen molar-refractivity contribution in [3.8, 4) is 0 Å². The molecule has 7 heteroatoms. The van der Waals surface area contributed by atoms with Gasteiger partial charge in [0.1, 0.15) is 0 Å². The third kappa shape index (κ3) is 3.84. The predicted molar refractivity (Wildman–Crippen MR) is 98.5 cm³/mol. The zero-order valence-electron chi connectivity index (χ0n) is 14.3. The fourth-order valence-corrected chi connectivity index (χ4v) is 3.27. The molecule has 2 N–H and O–H groups in total. The molecule has 1 fully saturated rings. The fraction of sp³-hybridized carbons (Fsp3) is 0.471. The maximum Gasteiger partial charge on any atom is 0.207 e. The maximum absolute atomic E-state index is 12.5. The van der Waals surface area contributed by atoms with E-state index >= 15 is 0 Å². The summed E-state index contributed by atoms with van der Waals surface area (Å²) in [6, 6.07) is 2.07. The molecule has 0 atom stereocenters. The summed E-state index contributed by atoms with van der Waals surface area (Å²) in [5, 5.41) is 5.73. The highest BCUT2D eigenvalue weighted by Crippen LogP contribution is 2.30. The number of fused-ring (bicyclic) bond motifs is 1. The normalized spacial score (nSPS) is 14.8. The third-order valence-corrected chi connectivity index (χ3v) is 4.52. The molecule has 0 unspecified atom stereocenters. The van der Waals surface area contributed by atoms with Crippen LogP contribution < -0.4 is 10.0 Å². The minimum atomic E-state index is -0.110. The second kappa shape index (κ2) is 8.94. The molecular formula is C17H25FN4OS. The first kappa shape index (κ1) is 18.6. The van der Waals surface area contributed by atoms with Gasteiger partial charge in [-0.1, -0.05) is 26.7 Å². The second-order valence-electron chi connectivity index (χ2n) is 5.42. The summed E-state index contributed by atoms with van der Waals surface area (Å²) >= 11 is 1.16. The van der Waals surface area contributed by atoms with Crippen molar-refractivity contribution in [2.45, 2.75) is 44.4 Å². The molecule has 2 aromatic heterocycles. The molecule has 2 aromatic rings. The van der Waals surface area contributed by atoms with E-state index < -0.39 is 0 Å². The van der Waals surface area contributed by atoms with Gasteiger partial charge in [0.2, 0.25) is 5.76 Å². The van der Waals surface area contributed by atoms with E-state index in [-0.39, 0.29) is 5.76 Å². The molecule has 0 bridgehead atoms. The number of rotatable bonds is 4. The summed E-state index contributed by atoms with van der Waals surface area (Å²) in [5.41, 5.74) is 1.98. The van der Waals surface area contributed by atoms with Crippen LogP contribution in [0.3, 0.4) is 0 Å². The molecule has 5 nitrogen and oxygen atoms in total. The van der Waals surface area contributed by atoms with Gasteiger partial charge in [-0.2, -0.15) is 0 Å². The van der Waals surface area contributed by atoms with Gasteiger partial charge in [-0.15, -0.1) is 0 Å². The first-order valence-electron chi connectivity index (χ1n) is 8.35. The van der Waals surface area contributed by atoms with Crippen LogP contribution in [0.25, 0.3) is 11.3 Å². The average molecular weight is 352 g/mol. The SMILES string of the molecule is C=C(OF)c1ncc2c(N3CCCCCC3)cc(SN)cn12.CC. The molecule has 3 rings (SSSR count).